The maximum absolute atomic E-state index is 13.4. The molecular formula is C29H30N2O2S. The number of hydrogen-bond acceptors (Lipinski definition) is 4. The fourth-order valence-electron chi connectivity index (χ4n) is 4.80. The molecule has 0 bridgehead atoms. The van der Waals surface area contributed by atoms with E-state index < -0.39 is 0 Å². The smallest absolute Gasteiger partial charge is 0.255 e. The van der Waals surface area contributed by atoms with Crippen LogP contribution in [-0.2, 0) is 19.4 Å². The number of aliphatic imine (C=N–C) groups is 1. The van der Waals surface area contributed by atoms with Crippen molar-refractivity contribution in [2.45, 2.75) is 46.6 Å². The van der Waals surface area contributed by atoms with E-state index in [1.54, 1.807) is 17.6 Å². The molecule has 0 aliphatic heterocycles. The summed E-state index contributed by atoms with van der Waals surface area (Å²) in [6, 6.07) is 18.2. The van der Waals surface area contributed by atoms with Gasteiger partial charge in [-0.3, -0.25) is 4.79 Å². The van der Waals surface area contributed by atoms with Crippen LogP contribution < -0.4 is 5.32 Å². The van der Waals surface area contributed by atoms with E-state index in [-0.39, 0.29) is 11.3 Å². The molecule has 2 heterocycles. The fraction of sp³-hybridized carbons (Fsp3) is 0.310. The molecule has 2 aromatic heterocycles. The number of fused-ring (bicyclic) bond motifs is 2. The van der Waals surface area contributed by atoms with Crippen LogP contribution in [0, 0.1) is 11.3 Å². The van der Waals surface area contributed by atoms with Gasteiger partial charge in [-0.05, 0) is 59.1 Å². The number of nitrogens with one attached hydrogen (secondary N) is 1. The Hall–Kier alpha value is -3.18. The van der Waals surface area contributed by atoms with Crippen molar-refractivity contribution in [1.29, 1.82) is 0 Å². The summed E-state index contributed by atoms with van der Waals surface area (Å²) in [5, 5.41) is 6.18. The molecule has 1 N–H and O–H groups in total. The van der Waals surface area contributed by atoms with Gasteiger partial charge in [-0.15, -0.1) is 11.3 Å². The Balaban J connectivity index is 1.50. The number of benzene rings is 2. The summed E-state index contributed by atoms with van der Waals surface area (Å²) in [7, 11) is 0. The van der Waals surface area contributed by atoms with E-state index in [1.807, 2.05) is 36.5 Å². The highest BCUT2D eigenvalue weighted by molar-refractivity contribution is 7.16. The molecule has 0 saturated heterocycles. The second-order valence-corrected chi connectivity index (χ2v) is 11.2. The van der Waals surface area contributed by atoms with Crippen LogP contribution in [0.3, 0.4) is 0 Å². The molecule has 174 valence electrons. The van der Waals surface area contributed by atoms with Gasteiger partial charge in [0.05, 0.1) is 18.4 Å². The fourth-order valence-corrected chi connectivity index (χ4v) is 6.06. The van der Waals surface area contributed by atoms with Gasteiger partial charge in [0.15, 0.2) is 0 Å². The van der Waals surface area contributed by atoms with E-state index in [9.17, 15) is 4.79 Å². The molecule has 1 atom stereocenters. The quantitative estimate of drug-likeness (QED) is 0.311. The van der Waals surface area contributed by atoms with Crippen molar-refractivity contribution < 1.29 is 9.21 Å². The highest BCUT2D eigenvalue weighted by Crippen LogP contribution is 2.45. The highest BCUT2D eigenvalue weighted by Gasteiger charge is 2.33. The SMILES string of the molecule is CC(C)(C)[C@@H]1CCc2c(sc(N=Cc3cccc4ccccc34)c2C(=O)NCc2ccco2)C1. The number of amides is 1. The van der Waals surface area contributed by atoms with E-state index in [0.29, 0.717) is 12.5 Å². The van der Waals surface area contributed by atoms with Gasteiger partial charge < -0.3 is 9.73 Å². The maximum Gasteiger partial charge on any atom is 0.255 e. The lowest BCUT2D eigenvalue weighted by Crippen LogP contribution is -2.28. The van der Waals surface area contributed by atoms with Crippen LogP contribution >= 0.6 is 11.3 Å². The zero-order valence-electron chi connectivity index (χ0n) is 19.9. The summed E-state index contributed by atoms with van der Waals surface area (Å²) >= 11 is 1.68. The Morgan fingerprint density at radius 2 is 1.97 bits per heavy atom. The minimum atomic E-state index is -0.0758. The number of furan rings is 1. The number of thiophene rings is 1. The first kappa shape index (κ1) is 22.6. The Kier molecular flexibility index (Phi) is 6.13. The molecule has 5 rings (SSSR count). The predicted octanol–water partition coefficient (Wildman–Crippen LogP) is 7.33. The van der Waals surface area contributed by atoms with Gasteiger partial charge in [-0.1, -0.05) is 63.2 Å². The van der Waals surface area contributed by atoms with E-state index in [1.165, 1.54) is 15.8 Å². The molecule has 1 aliphatic rings. The van der Waals surface area contributed by atoms with Crippen LogP contribution in [0.2, 0.25) is 0 Å². The zero-order chi connectivity index (χ0) is 23.7. The molecule has 4 nitrogen and oxygen atoms in total. The molecule has 0 saturated carbocycles. The molecule has 0 spiro atoms. The molecule has 1 amide bonds. The molecule has 2 aromatic carbocycles. The minimum Gasteiger partial charge on any atom is -0.467 e. The average Bonchev–Trinajstić information content (AvgIpc) is 3.47. The van der Waals surface area contributed by atoms with Gasteiger partial charge in [0.1, 0.15) is 10.8 Å². The molecule has 5 heteroatoms. The predicted molar refractivity (Wildman–Crippen MR) is 140 cm³/mol. The van der Waals surface area contributed by atoms with Gasteiger partial charge in [0.2, 0.25) is 0 Å². The van der Waals surface area contributed by atoms with Crippen molar-refractivity contribution >= 4 is 39.2 Å². The Morgan fingerprint density at radius 1 is 1.15 bits per heavy atom. The summed E-state index contributed by atoms with van der Waals surface area (Å²) in [5.74, 6) is 1.27. The van der Waals surface area contributed by atoms with Crippen LogP contribution in [-0.4, -0.2) is 12.1 Å². The molecule has 0 radical (unpaired) electrons. The van der Waals surface area contributed by atoms with Gasteiger partial charge in [-0.25, -0.2) is 4.99 Å². The molecule has 4 aromatic rings. The van der Waals surface area contributed by atoms with Crippen LogP contribution in [0.15, 0.2) is 70.3 Å². The summed E-state index contributed by atoms with van der Waals surface area (Å²) in [4.78, 5) is 19.6. The summed E-state index contributed by atoms with van der Waals surface area (Å²) in [6.45, 7) is 7.31. The Morgan fingerprint density at radius 3 is 2.76 bits per heavy atom. The lowest BCUT2D eigenvalue weighted by molar-refractivity contribution is 0.0947. The van der Waals surface area contributed by atoms with Crippen LogP contribution in [0.5, 0.6) is 0 Å². The molecule has 0 fully saturated rings. The number of carbonyl (C=O) groups excluding carboxylic acids is 1. The van der Waals surface area contributed by atoms with Gasteiger partial charge >= 0.3 is 0 Å². The lowest BCUT2D eigenvalue weighted by Gasteiger charge is -2.33. The largest absolute Gasteiger partial charge is 0.467 e. The number of nitrogens with zero attached hydrogens (tertiary/aromatic N) is 1. The van der Waals surface area contributed by atoms with Crippen molar-refractivity contribution in [1.82, 2.24) is 5.32 Å². The van der Waals surface area contributed by atoms with Crippen LogP contribution in [0.25, 0.3) is 10.8 Å². The van der Waals surface area contributed by atoms with E-state index in [4.69, 9.17) is 9.41 Å². The van der Waals surface area contributed by atoms with E-state index in [0.717, 1.165) is 46.5 Å². The van der Waals surface area contributed by atoms with Crippen molar-refractivity contribution in [3.8, 4) is 0 Å². The second kappa shape index (κ2) is 9.22. The first-order valence-corrected chi connectivity index (χ1v) is 12.7. The van der Waals surface area contributed by atoms with Crippen LogP contribution in [0.4, 0.5) is 5.00 Å². The zero-order valence-corrected chi connectivity index (χ0v) is 20.7. The summed E-state index contributed by atoms with van der Waals surface area (Å²) < 4.78 is 5.40. The van der Waals surface area contributed by atoms with Crippen molar-refractivity contribution in [3.63, 3.8) is 0 Å². The number of carbonyl (C=O) groups is 1. The third kappa shape index (κ3) is 4.58. The van der Waals surface area contributed by atoms with Gasteiger partial charge in [-0.2, -0.15) is 0 Å². The maximum atomic E-state index is 13.4. The van der Waals surface area contributed by atoms with Gasteiger partial charge in [0.25, 0.3) is 5.91 Å². The standard InChI is InChI=1S/C29H30N2O2S/c1-29(2,3)21-13-14-24-25(16-21)34-28(26(24)27(32)30-18-22-11-7-15-33-22)31-17-20-10-6-9-19-8-4-5-12-23(19)20/h4-12,15,17,21H,13-14,16,18H2,1-3H3,(H,30,32)/t21-/m1/s1. The Labute approximate surface area is 204 Å². The third-order valence-electron chi connectivity index (χ3n) is 6.85. The van der Waals surface area contributed by atoms with E-state index >= 15 is 0 Å². The molecule has 0 unspecified atom stereocenters. The molecule has 34 heavy (non-hydrogen) atoms. The normalized spacial score (nSPS) is 16.1. The first-order chi connectivity index (χ1) is 16.4. The van der Waals surface area contributed by atoms with Gasteiger partial charge in [0, 0.05) is 16.7 Å². The van der Waals surface area contributed by atoms with Crippen molar-refractivity contribution in [2.75, 3.05) is 0 Å². The summed E-state index contributed by atoms with van der Waals surface area (Å²) in [5.41, 5.74) is 3.21. The van der Waals surface area contributed by atoms with Crippen LogP contribution in [0.1, 0.15) is 59.3 Å². The third-order valence-corrected chi connectivity index (χ3v) is 8.01. The van der Waals surface area contributed by atoms with Crippen molar-refractivity contribution in [3.05, 3.63) is 88.2 Å². The minimum absolute atomic E-state index is 0.0758. The first-order valence-electron chi connectivity index (χ1n) is 11.9. The van der Waals surface area contributed by atoms with Crippen molar-refractivity contribution in [2.24, 2.45) is 16.3 Å². The molecule has 1 aliphatic carbocycles. The topological polar surface area (TPSA) is 54.6 Å². The summed E-state index contributed by atoms with van der Waals surface area (Å²) in [6.07, 6.45) is 6.55. The average molecular weight is 471 g/mol. The Bertz CT molecular complexity index is 1340. The van der Waals surface area contributed by atoms with E-state index in [2.05, 4.69) is 50.4 Å². The molecular weight excluding hydrogens is 440 g/mol. The monoisotopic (exact) mass is 470 g/mol. The second-order valence-electron chi connectivity index (χ2n) is 10.1. The number of hydrogen-bond donors (Lipinski definition) is 1. The number of rotatable bonds is 5. The lowest BCUT2D eigenvalue weighted by atomic mass is 9.72. The highest BCUT2D eigenvalue weighted by atomic mass is 32.1.